The lowest BCUT2D eigenvalue weighted by molar-refractivity contribution is -0.144. The van der Waals surface area contributed by atoms with E-state index in [9.17, 15) is 14.4 Å². The van der Waals surface area contributed by atoms with Crippen molar-refractivity contribution >= 4 is 23.8 Å². The third kappa shape index (κ3) is 6.61. The Kier molecular flexibility index (Phi) is 7.20. The molecule has 1 atom stereocenters. The molecule has 2 aromatic rings. The van der Waals surface area contributed by atoms with E-state index in [1.54, 1.807) is 38.7 Å². The van der Waals surface area contributed by atoms with Crippen molar-refractivity contribution in [1.29, 1.82) is 0 Å². The summed E-state index contributed by atoms with van der Waals surface area (Å²) in [7, 11) is 3.04. The van der Waals surface area contributed by atoms with Gasteiger partial charge in [0.1, 0.15) is 11.6 Å². The summed E-state index contributed by atoms with van der Waals surface area (Å²) in [6, 6.07) is 6.64. The van der Waals surface area contributed by atoms with Crippen LogP contribution in [0.1, 0.15) is 33.3 Å². The van der Waals surface area contributed by atoms with Gasteiger partial charge in [-0.3, -0.25) is 14.8 Å². The van der Waals surface area contributed by atoms with Crippen LogP contribution in [-0.2, 0) is 32.5 Å². The molecule has 0 radical (unpaired) electrons. The van der Waals surface area contributed by atoms with Crippen molar-refractivity contribution in [1.82, 2.24) is 15.1 Å². The summed E-state index contributed by atoms with van der Waals surface area (Å²) in [5.74, 6) is -0.439. The van der Waals surface area contributed by atoms with Gasteiger partial charge >= 0.3 is 12.1 Å². The number of nitrogens with zero attached hydrogens (tertiary/aromatic N) is 2. The van der Waals surface area contributed by atoms with Gasteiger partial charge in [0.15, 0.2) is 5.82 Å². The van der Waals surface area contributed by atoms with Gasteiger partial charge in [-0.05, 0) is 31.9 Å². The molecule has 0 spiro atoms. The summed E-state index contributed by atoms with van der Waals surface area (Å²) >= 11 is 0. The van der Waals surface area contributed by atoms with Gasteiger partial charge in [-0.25, -0.2) is 9.59 Å². The number of aromatic nitrogens is 2. The molecule has 0 bridgehead atoms. The number of hydrogen-bond donors (Lipinski definition) is 2. The van der Waals surface area contributed by atoms with E-state index in [1.165, 1.54) is 14.0 Å². The minimum atomic E-state index is -0.763. The smallest absolute Gasteiger partial charge is 0.413 e. The number of carbonyl (C=O) groups excluding carboxylic acids is 3. The van der Waals surface area contributed by atoms with Crippen LogP contribution in [0.3, 0.4) is 0 Å². The molecule has 0 aliphatic rings. The maximum atomic E-state index is 12.1. The molecule has 9 heteroatoms. The molecule has 2 N–H and O–H groups in total. The van der Waals surface area contributed by atoms with Gasteiger partial charge < -0.3 is 14.8 Å². The van der Waals surface area contributed by atoms with Crippen molar-refractivity contribution in [3.05, 3.63) is 36.0 Å². The Morgan fingerprint density at radius 2 is 1.80 bits per heavy atom. The lowest BCUT2D eigenvalue weighted by atomic mass is 10.0. The Morgan fingerprint density at radius 1 is 1.17 bits per heavy atom. The number of benzene rings is 1. The lowest BCUT2D eigenvalue weighted by Crippen LogP contribution is -2.41. The zero-order valence-corrected chi connectivity index (χ0v) is 18.1. The van der Waals surface area contributed by atoms with E-state index in [0.717, 1.165) is 16.7 Å². The van der Waals surface area contributed by atoms with Gasteiger partial charge in [0, 0.05) is 32.2 Å². The highest BCUT2D eigenvalue weighted by Gasteiger charge is 2.21. The third-order valence-corrected chi connectivity index (χ3v) is 4.02. The Bertz CT molecular complexity index is 912. The Balaban J connectivity index is 2.19. The fraction of sp³-hybridized carbons (Fsp3) is 0.429. The van der Waals surface area contributed by atoms with E-state index in [-0.39, 0.29) is 5.91 Å². The van der Waals surface area contributed by atoms with E-state index in [0.29, 0.717) is 12.2 Å². The van der Waals surface area contributed by atoms with Gasteiger partial charge in [0.25, 0.3) is 0 Å². The van der Waals surface area contributed by atoms with Gasteiger partial charge in [-0.15, -0.1) is 0 Å². The zero-order valence-electron chi connectivity index (χ0n) is 18.1. The van der Waals surface area contributed by atoms with Gasteiger partial charge in [0.2, 0.25) is 5.91 Å². The predicted molar refractivity (Wildman–Crippen MR) is 112 cm³/mol. The summed E-state index contributed by atoms with van der Waals surface area (Å²) in [4.78, 5) is 35.4. The maximum Gasteiger partial charge on any atom is 0.413 e. The molecule has 0 saturated carbocycles. The number of rotatable bonds is 6. The molecule has 30 heavy (non-hydrogen) atoms. The average Bonchev–Trinajstić information content (AvgIpc) is 2.99. The Labute approximate surface area is 175 Å². The second kappa shape index (κ2) is 9.43. The quantitative estimate of drug-likeness (QED) is 0.701. The second-order valence-electron chi connectivity index (χ2n) is 7.87. The highest BCUT2D eigenvalue weighted by atomic mass is 16.6. The van der Waals surface area contributed by atoms with Crippen LogP contribution in [0, 0.1) is 0 Å². The topological polar surface area (TPSA) is 112 Å². The van der Waals surface area contributed by atoms with Crippen LogP contribution in [0.15, 0.2) is 30.5 Å². The van der Waals surface area contributed by atoms with E-state index < -0.39 is 23.7 Å². The third-order valence-electron chi connectivity index (χ3n) is 4.02. The molecule has 0 fully saturated rings. The summed E-state index contributed by atoms with van der Waals surface area (Å²) in [5.41, 5.74) is 1.77. The normalized spacial score (nSPS) is 12.1. The molecule has 1 unspecified atom stereocenters. The van der Waals surface area contributed by atoms with Crippen molar-refractivity contribution in [2.24, 2.45) is 7.05 Å². The SMILES string of the molecule is COC(=O)C(Cc1ccc(-c2cn(C)nc2NC(=O)OC(C)(C)C)cc1)NC(C)=O. The van der Waals surface area contributed by atoms with Crippen LogP contribution in [0.25, 0.3) is 11.1 Å². The summed E-state index contributed by atoms with van der Waals surface area (Å²) in [6.07, 6.45) is 1.49. The molecule has 1 aromatic heterocycles. The number of esters is 1. The number of carbonyl (C=O) groups is 3. The van der Waals surface area contributed by atoms with E-state index >= 15 is 0 Å². The van der Waals surface area contributed by atoms with Gasteiger partial charge in [-0.2, -0.15) is 5.10 Å². The molecular weight excluding hydrogens is 388 g/mol. The molecule has 0 aliphatic heterocycles. The monoisotopic (exact) mass is 416 g/mol. The first-order valence-electron chi connectivity index (χ1n) is 9.46. The summed E-state index contributed by atoms with van der Waals surface area (Å²) in [5, 5.41) is 9.56. The molecule has 0 saturated heterocycles. The second-order valence-corrected chi connectivity index (χ2v) is 7.87. The first kappa shape index (κ1) is 22.9. The number of aryl methyl sites for hydroxylation is 1. The highest BCUT2D eigenvalue weighted by Crippen LogP contribution is 2.27. The van der Waals surface area contributed by atoms with E-state index in [1.807, 2.05) is 24.3 Å². The minimum absolute atomic E-state index is 0.294. The van der Waals surface area contributed by atoms with Crippen LogP contribution in [-0.4, -0.2) is 46.5 Å². The average molecular weight is 416 g/mol. The van der Waals surface area contributed by atoms with Gasteiger partial charge in [-0.1, -0.05) is 24.3 Å². The number of amides is 2. The molecule has 1 aromatic carbocycles. The van der Waals surface area contributed by atoms with Crippen LogP contribution in [0.4, 0.5) is 10.6 Å². The molecule has 1 heterocycles. The molecular formula is C21H28N4O5. The first-order valence-corrected chi connectivity index (χ1v) is 9.46. The standard InChI is InChI=1S/C21H28N4O5/c1-13(26)22-17(19(27)29-6)11-14-7-9-15(10-8-14)16-12-25(5)24-18(16)23-20(28)30-21(2,3)4/h7-10,12,17H,11H2,1-6H3,(H,22,26)(H,23,24,28). The molecule has 2 amide bonds. The van der Waals surface area contributed by atoms with Crippen LogP contribution >= 0.6 is 0 Å². The fourth-order valence-electron chi connectivity index (χ4n) is 2.83. The van der Waals surface area contributed by atoms with Crippen molar-refractivity contribution in [3.63, 3.8) is 0 Å². The largest absolute Gasteiger partial charge is 0.467 e. The van der Waals surface area contributed by atoms with E-state index in [4.69, 9.17) is 9.47 Å². The fourth-order valence-corrected chi connectivity index (χ4v) is 2.83. The van der Waals surface area contributed by atoms with Crippen LogP contribution < -0.4 is 10.6 Å². The molecule has 2 rings (SSSR count). The maximum absolute atomic E-state index is 12.1. The summed E-state index contributed by atoms with van der Waals surface area (Å²) < 4.78 is 11.6. The molecule has 0 aliphatic carbocycles. The summed E-state index contributed by atoms with van der Waals surface area (Å²) in [6.45, 7) is 6.70. The Hall–Kier alpha value is -3.36. The van der Waals surface area contributed by atoms with Crippen molar-refractivity contribution in [3.8, 4) is 11.1 Å². The Morgan fingerprint density at radius 3 is 2.33 bits per heavy atom. The van der Waals surface area contributed by atoms with E-state index in [2.05, 4.69) is 15.7 Å². The molecule has 162 valence electrons. The van der Waals surface area contributed by atoms with Crippen molar-refractivity contribution in [2.45, 2.75) is 45.8 Å². The van der Waals surface area contributed by atoms with Crippen LogP contribution in [0.5, 0.6) is 0 Å². The van der Waals surface area contributed by atoms with Crippen molar-refractivity contribution < 1.29 is 23.9 Å². The van der Waals surface area contributed by atoms with Gasteiger partial charge in [0.05, 0.1) is 7.11 Å². The first-order chi connectivity index (χ1) is 14.0. The zero-order chi connectivity index (χ0) is 22.5. The van der Waals surface area contributed by atoms with Crippen molar-refractivity contribution in [2.75, 3.05) is 12.4 Å². The number of methoxy groups -OCH3 is 1. The van der Waals surface area contributed by atoms with Crippen LogP contribution in [0.2, 0.25) is 0 Å². The number of anilines is 1. The number of nitrogens with one attached hydrogen (secondary N) is 2. The predicted octanol–water partition coefficient (Wildman–Crippen LogP) is 2.65. The number of ether oxygens (including phenoxy) is 2. The lowest BCUT2D eigenvalue weighted by Gasteiger charge is -2.19. The minimum Gasteiger partial charge on any atom is -0.467 e. The number of hydrogen-bond acceptors (Lipinski definition) is 6. The highest BCUT2D eigenvalue weighted by molar-refractivity contribution is 5.89. The molecule has 9 nitrogen and oxygen atoms in total.